The fourth-order valence-electron chi connectivity index (χ4n) is 2.34. The van der Waals surface area contributed by atoms with E-state index in [1.165, 1.54) is 6.42 Å². The van der Waals surface area contributed by atoms with E-state index in [2.05, 4.69) is 40.7 Å². The number of rotatable bonds is 2. The van der Waals surface area contributed by atoms with Crippen LogP contribution in [0.4, 0.5) is 5.69 Å². The maximum Gasteiger partial charge on any atom is 0.107 e. The average molecular weight is 313 g/mol. The molecule has 1 aromatic rings. The highest BCUT2D eigenvalue weighted by Crippen LogP contribution is 2.36. The van der Waals surface area contributed by atoms with Crippen LogP contribution >= 0.6 is 28.1 Å². The highest BCUT2D eigenvalue weighted by Gasteiger charge is 2.30. The summed E-state index contributed by atoms with van der Waals surface area (Å²) in [5.41, 5.74) is 8.31. The molecule has 1 aromatic carbocycles. The summed E-state index contributed by atoms with van der Waals surface area (Å²) in [7, 11) is 0. The van der Waals surface area contributed by atoms with Crippen LogP contribution in [0, 0.1) is 5.41 Å². The topological polar surface area (TPSA) is 29.3 Å². The van der Waals surface area contributed by atoms with Crippen molar-refractivity contribution < 1.29 is 0 Å². The number of anilines is 1. The number of hydrogen-bond acceptors (Lipinski definition) is 2. The van der Waals surface area contributed by atoms with Gasteiger partial charge in [-0.2, -0.15) is 0 Å². The van der Waals surface area contributed by atoms with Crippen LogP contribution in [0.3, 0.4) is 0 Å². The Morgan fingerprint density at radius 1 is 1.47 bits per heavy atom. The maximum absolute atomic E-state index is 5.83. The van der Waals surface area contributed by atoms with Gasteiger partial charge in [0.05, 0.1) is 0 Å². The summed E-state index contributed by atoms with van der Waals surface area (Å²) < 4.78 is 0.979. The lowest BCUT2D eigenvalue weighted by Gasteiger charge is -2.24. The Bertz CT molecular complexity index is 457. The largest absolute Gasteiger partial charge is 0.389 e. The number of nitrogens with two attached hydrogens (primary N) is 1. The van der Waals surface area contributed by atoms with E-state index in [1.807, 2.05) is 12.1 Å². The molecule has 1 saturated heterocycles. The molecule has 92 valence electrons. The normalized spacial score (nSPS) is 18.4. The van der Waals surface area contributed by atoms with E-state index in [9.17, 15) is 0 Å². The molecule has 1 heterocycles. The van der Waals surface area contributed by atoms with Gasteiger partial charge in [0, 0.05) is 28.8 Å². The molecule has 0 amide bonds. The first-order chi connectivity index (χ1) is 7.91. The zero-order valence-electron chi connectivity index (χ0n) is 10.2. The summed E-state index contributed by atoms with van der Waals surface area (Å²) in [4.78, 5) is 2.83. The predicted molar refractivity (Wildman–Crippen MR) is 80.6 cm³/mol. The van der Waals surface area contributed by atoms with Crippen molar-refractivity contribution in [2.75, 3.05) is 18.0 Å². The van der Waals surface area contributed by atoms with Crippen molar-refractivity contribution in [3.63, 3.8) is 0 Å². The Morgan fingerprint density at radius 2 is 2.18 bits per heavy atom. The van der Waals surface area contributed by atoms with Gasteiger partial charge in [0.1, 0.15) is 4.99 Å². The van der Waals surface area contributed by atoms with Gasteiger partial charge < -0.3 is 10.6 Å². The molecule has 0 atom stereocenters. The van der Waals surface area contributed by atoms with Crippen molar-refractivity contribution in [2.45, 2.75) is 20.3 Å². The standard InChI is InChI=1S/C13H17BrN2S/c1-13(2)6-7-16(8-13)10-5-3-4-9(14)11(10)12(15)17/h3-5H,6-8H2,1-2H3,(H2,15,17). The Labute approximate surface area is 116 Å². The predicted octanol–water partition coefficient (Wildman–Crippen LogP) is 3.32. The molecule has 17 heavy (non-hydrogen) atoms. The summed E-state index contributed by atoms with van der Waals surface area (Å²) in [6.07, 6.45) is 1.20. The Morgan fingerprint density at radius 3 is 2.71 bits per heavy atom. The van der Waals surface area contributed by atoms with Crippen LogP contribution in [0.25, 0.3) is 0 Å². The number of benzene rings is 1. The fourth-order valence-corrected chi connectivity index (χ4v) is 3.25. The van der Waals surface area contributed by atoms with Crippen molar-refractivity contribution in [2.24, 2.45) is 11.1 Å². The Hall–Kier alpha value is -0.610. The lowest BCUT2D eigenvalue weighted by atomic mass is 9.93. The molecule has 0 unspecified atom stereocenters. The molecule has 0 aliphatic carbocycles. The second-order valence-corrected chi connectivity index (χ2v) is 6.63. The third kappa shape index (κ3) is 2.63. The van der Waals surface area contributed by atoms with Gasteiger partial charge in [-0.15, -0.1) is 0 Å². The molecular formula is C13H17BrN2S. The highest BCUT2D eigenvalue weighted by molar-refractivity contribution is 9.10. The molecule has 0 bridgehead atoms. The van der Waals surface area contributed by atoms with Gasteiger partial charge in [0.15, 0.2) is 0 Å². The molecule has 1 fully saturated rings. The fraction of sp³-hybridized carbons (Fsp3) is 0.462. The van der Waals surface area contributed by atoms with Crippen molar-refractivity contribution in [3.8, 4) is 0 Å². The van der Waals surface area contributed by atoms with Crippen LogP contribution in [0.15, 0.2) is 22.7 Å². The minimum absolute atomic E-state index is 0.371. The monoisotopic (exact) mass is 312 g/mol. The molecule has 1 aliphatic heterocycles. The van der Waals surface area contributed by atoms with Gasteiger partial charge in [-0.3, -0.25) is 0 Å². The van der Waals surface area contributed by atoms with E-state index in [0.717, 1.165) is 28.8 Å². The first-order valence-corrected chi connectivity index (χ1v) is 6.94. The maximum atomic E-state index is 5.83. The molecule has 0 spiro atoms. The number of thiocarbonyl (C=S) groups is 1. The molecule has 0 aromatic heterocycles. The summed E-state index contributed by atoms with van der Waals surface area (Å²) >= 11 is 8.68. The van der Waals surface area contributed by atoms with Crippen molar-refractivity contribution in [1.82, 2.24) is 0 Å². The van der Waals surface area contributed by atoms with Crippen LogP contribution in [-0.2, 0) is 0 Å². The molecule has 0 saturated carbocycles. The number of hydrogen-bond donors (Lipinski definition) is 1. The van der Waals surface area contributed by atoms with Crippen molar-refractivity contribution >= 4 is 38.8 Å². The van der Waals surface area contributed by atoms with Crippen molar-refractivity contribution in [3.05, 3.63) is 28.2 Å². The minimum Gasteiger partial charge on any atom is -0.389 e. The SMILES string of the molecule is CC1(C)CCN(c2cccc(Br)c2C(N)=S)C1. The van der Waals surface area contributed by atoms with Gasteiger partial charge in [-0.25, -0.2) is 0 Å². The summed E-state index contributed by atoms with van der Waals surface area (Å²) in [5, 5.41) is 0. The lowest BCUT2D eigenvalue weighted by molar-refractivity contribution is 0.418. The first-order valence-electron chi connectivity index (χ1n) is 5.74. The smallest absolute Gasteiger partial charge is 0.107 e. The van der Waals surface area contributed by atoms with E-state index in [0.29, 0.717) is 10.4 Å². The Kier molecular flexibility index (Phi) is 3.46. The number of nitrogens with zero attached hydrogens (tertiary/aromatic N) is 1. The van der Waals surface area contributed by atoms with Gasteiger partial charge in [-0.1, -0.05) is 32.1 Å². The molecule has 2 N–H and O–H groups in total. The molecule has 2 rings (SSSR count). The summed E-state index contributed by atoms with van der Waals surface area (Å²) in [6, 6.07) is 6.12. The molecule has 1 aliphatic rings. The van der Waals surface area contributed by atoms with Crippen molar-refractivity contribution in [1.29, 1.82) is 0 Å². The van der Waals surface area contributed by atoms with E-state index >= 15 is 0 Å². The quantitative estimate of drug-likeness (QED) is 0.849. The minimum atomic E-state index is 0.371. The van der Waals surface area contributed by atoms with Crippen LogP contribution in [0.5, 0.6) is 0 Å². The third-order valence-electron chi connectivity index (χ3n) is 3.26. The molecular weight excluding hydrogens is 296 g/mol. The Balaban J connectivity index is 2.40. The zero-order chi connectivity index (χ0) is 12.6. The van der Waals surface area contributed by atoms with E-state index in [4.69, 9.17) is 18.0 Å². The van der Waals surface area contributed by atoms with Gasteiger partial charge in [0.2, 0.25) is 0 Å². The van der Waals surface area contributed by atoms with Gasteiger partial charge >= 0.3 is 0 Å². The molecule has 0 radical (unpaired) electrons. The highest BCUT2D eigenvalue weighted by atomic mass is 79.9. The third-order valence-corrected chi connectivity index (χ3v) is 4.12. The van der Waals surface area contributed by atoms with Crippen LogP contribution in [-0.4, -0.2) is 18.1 Å². The zero-order valence-corrected chi connectivity index (χ0v) is 12.6. The van der Waals surface area contributed by atoms with Crippen LogP contribution in [0.1, 0.15) is 25.8 Å². The summed E-state index contributed by atoms with van der Waals surface area (Å²) in [6.45, 7) is 6.72. The molecule has 2 nitrogen and oxygen atoms in total. The first kappa shape index (κ1) is 12.8. The van der Waals surface area contributed by atoms with Gasteiger partial charge in [-0.05, 0) is 39.9 Å². The van der Waals surface area contributed by atoms with Gasteiger partial charge in [0.25, 0.3) is 0 Å². The summed E-state index contributed by atoms with van der Waals surface area (Å²) in [5.74, 6) is 0. The second-order valence-electron chi connectivity index (χ2n) is 5.33. The lowest BCUT2D eigenvalue weighted by Crippen LogP contribution is -2.26. The van der Waals surface area contributed by atoms with E-state index < -0.39 is 0 Å². The van der Waals surface area contributed by atoms with Crippen LogP contribution < -0.4 is 10.6 Å². The number of halogens is 1. The average Bonchev–Trinajstić information content (AvgIpc) is 2.57. The van der Waals surface area contributed by atoms with E-state index in [1.54, 1.807) is 0 Å². The van der Waals surface area contributed by atoms with Crippen LogP contribution in [0.2, 0.25) is 0 Å². The van der Waals surface area contributed by atoms with E-state index in [-0.39, 0.29) is 0 Å². The molecule has 4 heteroatoms. The second kappa shape index (κ2) is 4.58.